The van der Waals surface area contributed by atoms with Gasteiger partial charge in [0, 0.05) is 25.7 Å². The number of hydrogen-bond donors (Lipinski definition) is 2. The highest BCUT2D eigenvalue weighted by molar-refractivity contribution is 6.42. The Labute approximate surface area is 179 Å². The lowest BCUT2D eigenvalue weighted by atomic mass is 10.1. The lowest BCUT2D eigenvalue weighted by molar-refractivity contribution is 0.421. The van der Waals surface area contributed by atoms with Crippen molar-refractivity contribution in [3.8, 4) is 11.6 Å². The first-order valence-electron chi connectivity index (χ1n) is 9.30. The van der Waals surface area contributed by atoms with Gasteiger partial charge in [-0.25, -0.2) is 0 Å². The standard InChI is InChI=1S/C20H22Cl2N6O/c1-3-23-20(26-13(2)14-7-8-15(21)16(22)12-14)25-11-9-18-27-19(29-28-18)17-6-4-5-10-24-17/h4-8,10,12-13H,3,9,11H2,1-2H3,(H2,23,25,26). The van der Waals surface area contributed by atoms with Crippen LogP contribution in [-0.2, 0) is 6.42 Å². The minimum atomic E-state index is 0.00324. The number of nitrogens with zero attached hydrogens (tertiary/aromatic N) is 4. The number of hydrogen-bond acceptors (Lipinski definition) is 5. The highest BCUT2D eigenvalue weighted by Crippen LogP contribution is 2.25. The molecule has 0 saturated heterocycles. The Morgan fingerprint density at radius 3 is 2.79 bits per heavy atom. The van der Waals surface area contributed by atoms with Crippen molar-refractivity contribution < 1.29 is 4.52 Å². The van der Waals surface area contributed by atoms with Gasteiger partial charge in [-0.2, -0.15) is 4.98 Å². The second-order valence-corrected chi connectivity index (χ2v) is 7.10. The van der Waals surface area contributed by atoms with Crippen LogP contribution in [0.3, 0.4) is 0 Å². The normalized spacial score (nSPS) is 12.6. The maximum absolute atomic E-state index is 6.12. The first-order chi connectivity index (χ1) is 14.1. The average Bonchev–Trinajstić information content (AvgIpc) is 3.20. The summed E-state index contributed by atoms with van der Waals surface area (Å²) in [4.78, 5) is 13.2. The summed E-state index contributed by atoms with van der Waals surface area (Å²) in [6.07, 6.45) is 2.24. The van der Waals surface area contributed by atoms with E-state index in [4.69, 9.17) is 27.7 Å². The number of aromatic nitrogens is 3. The van der Waals surface area contributed by atoms with E-state index >= 15 is 0 Å². The Balaban J connectivity index is 1.60. The van der Waals surface area contributed by atoms with E-state index < -0.39 is 0 Å². The Morgan fingerprint density at radius 1 is 1.21 bits per heavy atom. The zero-order chi connectivity index (χ0) is 20.6. The fourth-order valence-corrected chi connectivity index (χ4v) is 2.91. The molecular weight excluding hydrogens is 411 g/mol. The molecule has 0 fully saturated rings. The van der Waals surface area contributed by atoms with Crippen LogP contribution in [0.5, 0.6) is 0 Å². The maximum atomic E-state index is 6.12. The van der Waals surface area contributed by atoms with Crippen molar-refractivity contribution >= 4 is 29.2 Å². The predicted molar refractivity (Wildman–Crippen MR) is 115 cm³/mol. The van der Waals surface area contributed by atoms with Gasteiger partial charge in [-0.05, 0) is 43.7 Å². The van der Waals surface area contributed by atoms with E-state index in [0.717, 1.165) is 12.1 Å². The first kappa shape index (κ1) is 21.1. The number of halogens is 2. The monoisotopic (exact) mass is 432 g/mol. The van der Waals surface area contributed by atoms with Crippen LogP contribution in [0.2, 0.25) is 10.0 Å². The van der Waals surface area contributed by atoms with Crippen LogP contribution in [0, 0.1) is 0 Å². The Kier molecular flexibility index (Phi) is 7.43. The SMILES string of the molecule is CCNC(=NCCc1noc(-c2ccccn2)n1)NC(C)c1ccc(Cl)c(Cl)c1. The lowest BCUT2D eigenvalue weighted by Gasteiger charge is -2.18. The van der Waals surface area contributed by atoms with Crippen LogP contribution in [-0.4, -0.2) is 34.2 Å². The Bertz CT molecular complexity index is 961. The highest BCUT2D eigenvalue weighted by Gasteiger charge is 2.11. The van der Waals surface area contributed by atoms with E-state index in [1.807, 2.05) is 44.2 Å². The van der Waals surface area contributed by atoms with E-state index in [1.165, 1.54) is 0 Å². The van der Waals surface area contributed by atoms with Gasteiger partial charge in [0.25, 0.3) is 5.89 Å². The third-order valence-electron chi connectivity index (χ3n) is 4.10. The van der Waals surface area contributed by atoms with Gasteiger partial charge in [0.1, 0.15) is 5.69 Å². The molecule has 7 nitrogen and oxygen atoms in total. The summed E-state index contributed by atoms with van der Waals surface area (Å²) in [7, 11) is 0. The Morgan fingerprint density at radius 2 is 2.07 bits per heavy atom. The van der Waals surface area contributed by atoms with Crippen LogP contribution < -0.4 is 10.6 Å². The molecule has 0 radical (unpaired) electrons. The molecule has 0 bridgehead atoms. The van der Waals surface area contributed by atoms with Gasteiger partial charge in [0.2, 0.25) is 0 Å². The van der Waals surface area contributed by atoms with Gasteiger partial charge in [0.15, 0.2) is 11.8 Å². The van der Waals surface area contributed by atoms with Crippen LogP contribution in [0.1, 0.15) is 31.3 Å². The number of pyridine rings is 1. The molecule has 3 rings (SSSR count). The molecule has 1 atom stereocenters. The molecule has 0 saturated carbocycles. The summed E-state index contributed by atoms with van der Waals surface area (Å²) >= 11 is 12.1. The van der Waals surface area contributed by atoms with E-state index in [1.54, 1.807) is 12.3 Å². The predicted octanol–water partition coefficient (Wildman–Crippen LogP) is 4.30. The maximum Gasteiger partial charge on any atom is 0.276 e. The first-order valence-corrected chi connectivity index (χ1v) is 10.1. The van der Waals surface area contributed by atoms with E-state index in [9.17, 15) is 0 Å². The molecular formula is C20H22Cl2N6O. The molecule has 1 unspecified atom stereocenters. The molecule has 0 spiro atoms. The van der Waals surface area contributed by atoms with Gasteiger partial charge >= 0.3 is 0 Å². The van der Waals surface area contributed by atoms with E-state index in [2.05, 4.69) is 30.8 Å². The topological polar surface area (TPSA) is 88.2 Å². The van der Waals surface area contributed by atoms with Crippen LogP contribution in [0.15, 0.2) is 52.1 Å². The quantitative estimate of drug-likeness (QED) is 0.427. The average molecular weight is 433 g/mol. The zero-order valence-electron chi connectivity index (χ0n) is 16.2. The summed E-state index contributed by atoms with van der Waals surface area (Å²) < 4.78 is 5.27. The van der Waals surface area contributed by atoms with Crippen LogP contribution in [0.25, 0.3) is 11.6 Å². The number of nitrogens with one attached hydrogen (secondary N) is 2. The summed E-state index contributed by atoms with van der Waals surface area (Å²) in [5, 5.41) is 11.7. The molecule has 2 heterocycles. The van der Waals surface area contributed by atoms with Crippen LogP contribution in [0.4, 0.5) is 0 Å². The highest BCUT2D eigenvalue weighted by atomic mass is 35.5. The smallest absolute Gasteiger partial charge is 0.276 e. The van der Waals surface area contributed by atoms with Crippen LogP contribution >= 0.6 is 23.2 Å². The summed E-state index contributed by atoms with van der Waals surface area (Å²) in [6, 6.07) is 11.1. The fraction of sp³-hybridized carbons (Fsp3) is 0.300. The molecule has 0 aliphatic carbocycles. The van der Waals surface area contributed by atoms with Gasteiger partial charge in [0.05, 0.1) is 16.1 Å². The van der Waals surface area contributed by atoms with Crippen molar-refractivity contribution in [3.05, 3.63) is 64.0 Å². The van der Waals surface area contributed by atoms with Gasteiger partial charge in [-0.15, -0.1) is 0 Å². The third kappa shape index (κ3) is 5.92. The van der Waals surface area contributed by atoms with Gasteiger partial charge in [-0.1, -0.05) is 40.5 Å². The number of rotatable bonds is 7. The summed E-state index contributed by atoms with van der Waals surface area (Å²) in [5.41, 5.74) is 1.67. The lowest BCUT2D eigenvalue weighted by Crippen LogP contribution is -2.38. The van der Waals surface area contributed by atoms with Gasteiger partial charge in [-0.3, -0.25) is 9.98 Å². The van der Waals surface area contributed by atoms with Crippen molar-refractivity contribution in [1.82, 2.24) is 25.8 Å². The third-order valence-corrected chi connectivity index (χ3v) is 4.84. The van der Waals surface area contributed by atoms with Crippen molar-refractivity contribution in [2.75, 3.05) is 13.1 Å². The summed E-state index contributed by atoms with van der Waals surface area (Å²) in [5.74, 6) is 1.69. The van der Waals surface area contributed by atoms with E-state index in [-0.39, 0.29) is 6.04 Å². The second kappa shape index (κ2) is 10.2. The molecule has 2 N–H and O–H groups in total. The van der Waals surface area contributed by atoms with Crippen molar-refractivity contribution in [2.45, 2.75) is 26.3 Å². The molecule has 29 heavy (non-hydrogen) atoms. The second-order valence-electron chi connectivity index (χ2n) is 6.28. The van der Waals surface area contributed by atoms with Crippen molar-refractivity contribution in [1.29, 1.82) is 0 Å². The fourth-order valence-electron chi connectivity index (χ4n) is 2.61. The molecule has 152 valence electrons. The molecule has 0 amide bonds. The molecule has 0 aliphatic heterocycles. The Hall–Kier alpha value is -2.64. The van der Waals surface area contributed by atoms with E-state index in [0.29, 0.717) is 46.4 Å². The molecule has 9 heteroatoms. The number of aliphatic imine (C=N–C) groups is 1. The molecule has 1 aromatic carbocycles. The minimum Gasteiger partial charge on any atom is -0.357 e. The minimum absolute atomic E-state index is 0.00324. The zero-order valence-corrected chi connectivity index (χ0v) is 17.7. The largest absolute Gasteiger partial charge is 0.357 e. The number of guanidine groups is 1. The molecule has 3 aromatic rings. The van der Waals surface area contributed by atoms with Crippen molar-refractivity contribution in [3.63, 3.8) is 0 Å². The van der Waals surface area contributed by atoms with Crippen molar-refractivity contribution in [2.24, 2.45) is 4.99 Å². The molecule has 0 aliphatic rings. The summed E-state index contributed by atoms with van der Waals surface area (Å²) in [6.45, 7) is 5.29. The molecule has 2 aromatic heterocycles. The number of benzene rings is 1. The van der Waals surface area contributed by atoms with Gasteiger partial charge < -0.3 is 15.2 Å².